The van der Waals surface area contributed by atoms with Gasteiger partial charge in [-0.3, -0.25) is 0 Å². The largest absolute Gasteiger partial charge is 0.442 e. The first-order valence-electron chi connectivity index (χ1n) is 4.97. The Morgan fingerprint density at radius 2 is 2.13 bits per heavy atom. The first-order chi connectivity index (χ1) is 7.04. The minimum absolute atomic E-state index is 0.349. The average Bonchev–Trinajstić information content (AvgIpc) is 2.21. The molecule has 0 aliphatic carbocycles. The molecule has 0 aliphatic rings. The lowest BCUT2D eigenvalue weighted by Crippen LogP contribution is -2.13. The molecule has 15 heavy (non-hydrogen) atoms. The maximum absolute atomic E-state index is 11.7. The third-order valence-corrected chi connectivity index (χ3v) is 2.57. The second-order valence-electron chi connectivity index (χ2n) is 3.54. The van der Waals surface area contributed by atoms with E-state index in [0.29, 0.717) is 12.0 Å². The van der Waals surface area contributed by atoms with Crippen molar-refractivity contribution in [3.8, 4) is 0 Å². The van der Waals surface area contributed by atoms with Crippen LogP contribution in [0.3, 0.4) is 0 Å². The number of hydrogen-bond donors (Lipinski definition) is 0. The van der Waals surface area contributed by atoms with E-state index in [1.807, 2.05) is 39.0 Å². The fourth-order valence-electron chi connectivity index (χ4n) is 1.22. The van der Waals surface area contributed by atoms with Crippen LogP contribution >= 0.6 is 11.6 Å². The molecule has 1 atom stereocenters. The molecule has 0 saturated carbocycles. The van der Waals surface area contributed by atoms with Gasteiger partial charge >= 0.3 is 5.97 Å². The number of ether oxygens (including phenoxy) is 1. The summed E-state index contributed by atoms with van der Waals surface area (Å²) >= 11 is 5.76. The van der Waals surface area contributed by atoms with Gasteiger partial charge in [0, 0.05) is 0 Å². The van der Waals surface area contributed by atoms with Crippen LogP contribution in [0.25, 0.3) is 0 Å². The van der Waals surface area contributed by atoms with Crippen molar-refractivity contribution in [1.29, 1.82) is 0 Å². The van der Waals surface area contributed by atoms with Crippen LogP contribution in [0.4, 0.5) is 0 Å². The molecule has 0 heterocycles. The summed E-state index contributed by atoms with van der Waals surface area (Å²) in [6.07, 6.45) is 0.609. The van der Waals surface area contributed by atoms with E-state index in [1.54, 1.807) is 0 Å². The van der Waals surface area contributed by atoms with Gasteiger partial charge in [0.15, 0.2) is 5.56 Å². The van der Waals surface area contributed by atoms with E-state index in [4.69, 9.17) is 16.3 Å². The molecule has 1 aromatic carbocycles. The van der Waals surface area contributed by atoms with Crippen LogP contribution in [0.15, 0.2) is 18.2 Å². The third-order valence-electron chi connectivity index (χ3n) is 2.17. The van der Waals surface area contributed by atoms with E-state index in [0.717, 1.165) is 11.1 Å². The van der Waals surface area contributed by atoms with Crippen molar-refractivity contribution < 1.29 is 9.53 Å². The highest BCUT2D eigenvalue weighted by Gasteiger charge is 2.14. The molecular formula is C12H15ClO2. The molecule has 1 aromatic rings. The highest BCUT2D eigenvalue weighted by Crippen LogP contribution is 2.14. The van der Waals surface area contributed by atoms with Crippen molar-refractivity contribution in [3.63, 3.8) is 0 Å². The van der Waals surface area contributed by atoms with Crippen LogP contribution < -0.4 is 0 Å². The molecule has 0 aromatic heterocycles. The van der Waals surface area contributed by atoms with Crippen molar-refractivity contribution in [2.45, 2.75) is 32.8 Å². The smallest absolute Gasteiger partial charge is 0.339 e. The molecular weight excluding hydrogens is 212 g/mol. The van der Waals surface area contributed by atoms with Crippen LogP contribution in [-0.4, -0.2) is 11.5 Å². The van der Waals surface area contributed by atoms with Crippen molar-refractivity contribution in [1.82, 2.24) is 0 Å². The standard InChI is InChI=1S/C12H15ClO2/c1-4-11(13)15-12(14)10-7-8(2)5-6-9(10)3/h5-7,11H,4H2,1-3H3. The van der Waals surface area contributed by atoms with Gasteiger partial charge in [-0.1, -0.05) is 36.2 Å². The number of aryl methyl sites for hydroxylation is 2. The van der Waals surface area contributed by atoms with Gasteiger partial charge in [0.25, 0.3) is 0 Å². The Morgan fingerprint density at radius 1 is 1.47 bits per heavy atom. The number of halogens is 1. The molecule has 1 unspecified atom stereocenters. The highest BCUT2D eigenvalue weighted by molar-refractivity contribution is 6.20. The summed E-state index contributed by atoms with van der Waals surface area (Å²) < 4.78 is 5.05. The maximum atomic E-state index is 11.7. The van der Waals surface area contributed by atoms with Gasteiger partial charge in [-0.25, -0.2) is 4.79 Å². The SMILES string of the molecule is CCC(Cl)OC(=O)c1cc(C)ccc1C. The molecule has 2 nitrogen and oxygen atoms in total. The van der Waals surface area contributed by atoms with Crippen LogP contribution in [0.5, 0.6) is 0 Å². The van der Waals surface area contributed by atoms with Gasteiger partial charge in [0.05, 0.1) is 5.56 Å². The third kappa shape index (κ3) is 3.24. The number of rotatable bonds is 3. The number of esters is 1. The first kappa shape index (κ1) is 12.1. The number of benzene rings is 1. The highest BCUT2D eigenvalue weighted by atomic mass is 35.5. The molecule has 0 saturated heterocycles. The maximum Gasteiger partial charge on any atom is 0.339 e. The van der Waals surface area contributed by atoms with Crippen molar-refractivity contribution in [2.24, 2.45) is 0 Å². The molecule has 0 N–H and O–H groups in total. The Bertz CT molecular complexity index is 361. The topological polar surface area (TPSA) is 26.3 Å². The Morgan fingerprint density at radius 3 is 2.73 bits per heavy atom. The summed E-state index contributed by atoms with van der Waals surface area (Å²) in [5.74, 6) is -0.349. The second kappa shape index (κ2) is 5.17. The summed E-state index contributed by atoms with van der Waals surface area (Å²) in [7, 11) is 0. The van der Waals surface area contributed by atoms with Crippen LogP contribution in [0, 0.1) is 13.8 Å². The van der Waals surface area contributed by atoms with E-state index < -0.39 is 5.56 Å². The Balaban J connectivity index is 2.86. The predicted molar refractivity (Wildman–Crippen MR) is 61.3 cm³/mol. The minimum atomic E-state index is -0.544. The molecule has 0 amide bonds. The second-order valence-corrected chi connectivity index (χ2v) is 4.03. The minimum Gasteiger partial charge on any atom is -0.442 e. The lowest BCUT2D eigenvalue weighted by atomic mass is 10.1. The van der Waals surface area contributed by atoms with E-state index in [2.05, 4.69) is 0 Å². The summed E-state index contributed by atoms with van der Waals surface area (Å²) in [5, 5.41) is 0. The summed E-state index contributed by atoms with van der Waals surface area (Å²) in [4.78, 5) is 11.7. The van der Waals surface area contributed by atoms with Crippen LogP contribution in [0.2, 0.25) is 0 Å². The number of alkyl halides is 1. The van der Waals surface area contributed by atoms with Crippen LogP contribution in [0.1, 0.15) is 34.8 Å². The molecule has 0 aliphatic heterocycles. The van der Waals surface area contributed by atoms with Gasteiger partial charge in [0.1, 0.15) is 0 Å². The van der Waals surface area contributed by atoms with Gasteiger partial charge in [-0.15, -0.1) is 0 Å². The molecule has 3 heteroatoms. The fraction of sp³-hybridized carbons (Fsp3) is 0.417. The number of carbonyl (C=O) groups is 1. The van der Waals surface area contributed by atoms with Crippen molar-refractivity contribution in [3.05, 3.63) is 34.9 Å². The van der Waals surface area contributed by atoms with E-state index in [9.17, 15) is 4.79 Å². The Kier molecular flexibility index (Phi) is 4.15. The van der Waals surface area contributed by atoms with E-state index in [1.165, 1.54) is 0 Å². The summed E-state index contributed by atoms with van der Waals surface area (Å²) in [5.41, 5.74) is 1.99. The molecule has 0 radical (unpaired) electrons. The van der Waals surface area contributed by atoms with E-state index >= 15 is 0 Å². The predicted octanol–water partition coefficient (Wildman–Crippen LogP) is 3.44. The zero-order valence-electron chi connectivity index (χ0n) is 9.21. The fourth-order valence-corrected chi connectivity index (χ4v) is 1.30. The van der Waals surface area contributed by atoms with Crippen molar-refractivity contribution in [2.75, 3.05) is 0 Å². The summed E-state index contributed by atoms with van der Waals surface area (Å²) in [6, 6.07) is 5.68. The van der Waals surface area contributed by atoms with Gasteiger partial charge in [-0.05, 0) is 31.9 Å². The van der Waals surface area contributed by atoms with Gasteiger partial charge < -0.3 is 4.74 Å². The number of hydrogen-bond acceptors (Lipinski definition) is 2. The monoisotopic (exact) mass is 226 g/mol. The molecule has 0 fully saturated rings. The summed E-state index contributed by atoms with van der Waals surface area (Å²) in [6.45, 7) is 5.69. The zero-order valence-corrected chi connectivity index (χ0v) is 9.97. The van der Waals surface area contributed by atoms with Gasteiger partial charge in [-0.2, -0.15) is 0 Å². The zero-order chi connectivity index (χ0) is 11.4. The molecule has 1 rings (SSSR count). The molecule has 0 bridgehead atoms. The van der Waals surface area contributed by atoms with Gasteiger partial charge in [0.2, 0.25) is 0 Å². The number of carbonyl (C=O) groups excluding carboxylic acids is 1. The lowest BCUT2D eigenvalue weighted by Gasteiger charge is -2.10. The normalized spacial score (nSPS) is 12.3. The first-order valence-corrected chi connectivity index (χ1v) is 5.40. The average molecular weight is 227 g/mol. The Hall–Kier alpha value is -1.02. The Labute approximate surface area is 95.2 Å². The quantitative estimate of drug-likeness (QED) is 0.583. The van der Waals surface area contributed by atoms with Crippen LogP contribution in [-0.2, 0) is 4.74 Å². The van der Waals surface area contributed by atoms with Crippen molar-refractivity contribution >= 4 is 17.6 Å². The molecule has 82 valence electrons. The lowest BCUT2D eigenvalue weighted by molar-refractivity contribution is 0.0442. The molecule has 0 spiro atoms. The van der Waals surface area contributed by atoms with E-state index in [-0.39, 0.29) is 5.97 Å².